The van der Waals surface area contributed by atoms with Gasteiger partial charge < -0.3 is 5.73 Å². The first-order valence-corrected chi connectivity index (χ1v) is 8.00. The molecule has 0 aliphatic heterocycles. The highest BCUT2D eigenvalue weighted by molar-refractivity contribution is 7.89. The normalized spacial score (nSPS) is 14.1. The van der Waals surface area contributed by atoms with Gasteiger partial charge in [0.15, 0.2) is 0 Å². The molecule has 1 aromatic carbocycles. The third-order valence-electron chi connectivity index (χ3n) is 3.43. The van der Waals surface area contributed by atoms with Gasteiger partial charge >= 0.3 is 0 Å². The van der Waals surface area contributed by atoms with Crippen molar-refractivity contribution in [2.75, 3.05) is 7.05 Å². The zero-order valence-corrected chi connectivity index (χ0v) is 13.3. The average molecular weight is 305 g/mol. The van der Waals surface area contributed by atoms with Gasteiger partial charge in [-0.3, -0.25) is 0 Å². The van der Waals surface area contributed by atoms with Gasteiger partial charge in [-0.25, -0.2) is 8.42 Å². The topological polar surface area (TPSA) is 63.4 Å². The molecule has 1 atom stereocenters. The Morgan fingerprint density at radius 1 is 1.32 bits per heavy atom. The maximum absolute atomic E-state index is 12.6. The molecule has 108 valence electrons. The molecule has 0 aromatic heterocycles. The Labute approximate surface area is 120 Å². The Balaban J connectivity index is 3.27. The minimum atomic E-state index is -3.60. The largest absolute Gasteiger partial charge is 0.326 e. The molecule has 0 spiro atoms. The second-order valence-electron chi connectivity index (χ2n) is 4.97. The van der Waals surface area contributed by atoms with E-state index in [0.29, 0.717) is 0 Å². The first kappa shape index (κ1) is 16.4. The van der Waals surface area contributed by atoms with Gasteiger partial charge in [0.25, 0.3) is 0 Å². The van der Waals surface area contributed by atoms with E-state index in [1.807, 2.05) is 20.8 Å². The van der Waals surface area contributed by atoms with Crippen LogP contribution in [0.2, 0.25) is 5.02 Å². The Kier molecular flexibility index (Phi) is 5.38. The molecule has 1 unspecified atom stereocenters. The van der Waals surface area contributed by atoms with Crippen molar-refractivity contribution < 1.29 is 8.42 Å². The highest BCUT2D eigenvalue weighted by Crippen LogP contribution is 2.27. The zero-order chi connectivity index (χ0) is 14.8. The molecule has 0 bridgehead atoms. The minimum Gasteiger partial charge on any atom is -0.326 e. The molecule has 0 radical (unpaired) electrons. The summed E-state index contributed by atoms with van der Waals surface area (Å²) < 4.78 is 26.5. The summed E-state index contributed by atoms with van der Waals surface area (Å²) in [6, 6.07) is 4.74. The molecule has 0 heterocycles. The van der Waals surface area contributed by atoms with Crippen molar-refractivity contribution in [1.82, 2.24) is 4.31 Å². The number of sulfonamides is 1. The predicted octanol–water partition coefficient (Wildman–Crippen LogP) is 2.46. The molecule has 1 rings (SSSR count). The van der Waals surface area contributed by atoms with Crippen LogP contribution < -0.4 is 5.73 Å². The van der Waals surface area contributed by atoms with Gasteiger partial charge in [0.05, 0.1) is 5.02 Å². The molecule has 2 N–H and O–H groups in total. The lowest BCUT2D eigenvalue weighted by molar-refractivity contribution is 0.316. The number of benzene rings is 1. The molecule has 0 aliphatic rings. The minimum absolute atomic E-state index is 0.109. The molecule has 0 aliphatic carbocycles. The van der Waals surface area contributed by atoms with Crippen LogP contribution in [-0.2, 0) is 16.6 Å². The third kappa shape index (κ3) is 3.48. The maximum Gasteiger partial charge on any atom is 0.244 e. The second kappa shape index (κ2) is 6.22. The lowest BCUT2D eigenvalue weighted by Gasteiger charge is -2.27. The highest BCUT2D eigenvalue weighted by atomic mass is 35.5. The highest BCUT2D eigenvalue weighted by Gasteiger charge is 2.28. The SMILES string of the molecule is CC(C)C(C)N(C)S(=O)(=O)c1cc(CN)ccc1Cl. The number of rotatable bonds is 5. The molecule has 0 amide bonds. The Morgan fingerprint density at radius 2 is 1.89 bits per heavy atom. The fraction of sp³-hybridized carbons (Fsp3) is 0.538. The van der Waals surface area contributed by atoms with Crippen molar-refractivity contribution in [2.45, 2.75) is 38.3 Å². The number of halogens is 1. The summed E-state index contributed by atoms with van der Waals surface area (Å²) in [5.41, 5.74) is 6.29. The van der Waals surface area contributed by atoms with E-state index in [1.54, 1.807) is 25.2 Å². The maximum atomic E-state index is 12.6. The fourth-order valence-electron chi connectivity index (χ4n) is 1.67. The van der Waals surface area contributed by atoms with E-state index in [4.69, 9.17) is 17.3 Å². The van der Waals surface area contributed by atoms with E-state index < -0.39 is 10.0 Å². The first-order valence-electron chi connectivity index (χ1n) is 6.18. The number of nitrogens with two attached hydrogens (primary N) is 1. The molecule has 4 nitrogen and oxygen atoms in total. The molecule has 19 heavy (non-hydrogen) atoms. The first-order chi connectivity index (χ1) is 8.71. The van der Waals surface area contributed by atoms with Gasteiger partial charge in [0.2, 0.25) is 10.0 Å². The summed E-state index contributed by atoms with van der Waals surface area (Å²) in [6.45, 7) is 6.12. The van der Waals surface area contributed by atoms with Gasteiger partial charge in [-0.2, -0.15) is 4.31 Å². The van der Waals surface area contributed by atoms with Crippen molar-refractivity contribution in [3.05, 3.63) is 28.8 Å². The van der Waals surface area contributed by atoms with Crippen molar-refractivity contribution >= 4 is 21.6 Å². The van der Waals surface area contributed by atoms with Crippen LogP contribution in [0.4, 0.5) is 0 Å². The van der Waals surface area contributed by atoms with E-state index in [1.165, 1.54) is 4.31 Å². The Hall–Kier alpha value is -0.620. The molecule has 6 heteroatoms. The lowest BCUT2D eigenvalue weighted by atomic mass is 10.1. The standard InChI is InChI=1S/C13H21ClN2O2S/c1-9(2)10(3)16(4)19(17,18)13-7-11(8-15)5-6-12(13)14/h5-7,9-10H,8,15H2,1-4H3. The van der Waals surface area contributed by atoms with Gasteiger partial charge in [0, 0.05) is 19.6 Å². The van der Waals surface area contributed by atoms with Crippen LogP contribution in [0.3, 0.4) is 0 Å². The number of hydrogen-bond donors (Lipinski definition) is 1. The van der Waals surface area contributed by atoms with Crippen LogP contribution in [0.15, 0.2) is 23.1 Å². The summed E-state index contributed by atoms with van der Waals surface area (Å²) in [5, 5.41) is 0.222. The van der Waals surface area contributed by atoms with E-state index in [2.05, 4.69) is 0 Å². The smallest absolute Gasteiger partial charge is 0.244 e. The van der Waals surface area contributed by atoms with Crippen molar-refractivity contribution in [2.24, 2.45) is 11.7 Å². The van der Waals surface area contributed by atoms with Gasteiger partial charge in [0.1, 0.15) is 4.90 Å². The average Bonchev–Trinajstić information content (AvgIpc) is 2.37. The van der Waals surface area contributed by atoms with Gasteiger partial charge in [-0.15, -0.1) is 0 Å². The fourth-order valence-corrected chi connectivity index (χ4v) is 3.68. The summed E-state index contributed by atoms with van der Waals surface area (Å²) >= 11 is 6.02. The van der Waals surface area contributed by atoms with E-state index >= 15 is 0 Å². The van der Waals surface area contributed by atoms with Crippen LogP contribution >= 0.6 is 11.6 Å². The zero-order valence-electron chi connectivity index (χ0n) is 11.7. The van der Waals surface area contributed by atoms with Crippen LogP contribution in [-0.4, -0.2) is 25.8 Å². The molecular weight excluding hydrogens is 284 g/mol. The lowest BCUT2D eigenvalue weighted by Crippen LogP contribution is -2.38. The van der Waals surface area contributed by atoms with E-state index in [-0.39, 0.29) is 28.4 Å². The monoisotopic (exact) mass is 304 g/mol. The van der Waals surface area contributed by atoms with Gasteiger partial charge in [-0.05, 0) is 30.5 Å². The second-order valence-corrected chi connectivity index (χ2v) is 7.35. The van der Waals surface area contributed by atoms with Crippen molar-refractivity contribution in [1.29, 1.82) is 0 Å². The van der Waals surface area contributed by atoms with E-state index in [9.17, 15) is 8.42 Å². The molecule has 0 saturated heterocycles. The Morgan fingerprint density at radius 3 is 2.37 bits per heavy atom. The van der Waals surface area contributed by atoms with Crippen molar-refractivity contribution in [3.8, 4) is 0 Å². The summed E-state index contributed by atoms with van der Waals surface area (Å²) in [4.78, 5) is 0.118. The number of nitrogens with zero attached hydrogens (tertiary/aromatic N) is 1. The van der Waals surface area contributed by atoms with Gasteiger partial charge in [-0.1, -0.05) is 31.5 Å². The molecule has 0 saturated carbocycles. The van der Waals surface area contributed by atoms with Crippen LogP contribution in [0.1, 0.15) is 26.3 Å². The molecule has 1 aromatic rings. The van der Waals surface area contributed by atoms with Crippen molar-refractivity contribution in [3.63, 3.8) is 0 Å². The van der Waals surface area contributed by atoms with Crippen LogP contribution in [0, 0.1) is 5.92 Å². The molecule has 0 fully saturated rings. The van der Waals surface area contributed by atoms with Crippen LogP contribution in [0.25, 0.3) is 0 Å². The summed E-state index contributed by atoms with van der Waals surface area (Å²) in [5.74, 6) is 0.219. The van der Waals surface area contributed by atoms with E-state index in [0.717, 1.165) is 5.56 Å². The number of hydrogen-bond acceptors (Lipinski definition) is 3. The summed E-state index contributed by atoms with van der Waals surface area (Å²) in [6.07, 6.45) is 0. The molecular formula is C13H21ClN2O2S. The van der Waals surface area contributed by atoms with Crippen LogP contribution in [0.5, 0.6) is 0 Å². The Bertz CT molecular complexity index is 544. The predicted molar refractivity (Wildman–Crippen MR) is 78.6 cm³/mol. The quantitative estimate of drug-likeness (QED) is 0.909. The summed E-state index contributed by atoms with van der Waals surface area (Å²) in [7, 11) is -2.03. The third-order valence-corrected chi connectivity index (χ3v) is 5.85.